The van der Waals surface area contributed by atoms with Gasteiger partial charge in [0.2, 0.25) is 5.91 Å². The van der Waals surface area contributed by atoms with Crippen molar-refractivity contribution < 1.29 is 4.79 Å². The number of fused-ring (bicyclic) bond motifs is 1. The highest BCUT2D eigenvalue weighted by Crippen LogP contribution is 2.24. The summed E-state index contributed by atoms with van der Waals surface area (Å²) in [5.74, 6) is 1.92. The Morgan fingerprint density at radius 3 is 2.43 bits per heavy atom. The van der Waals surface area contributed by atoms with Crippen molar-refractivity contribution in [2.75, 3.05) is 63.8 Å². The van der Waals surface area contributed by atoms with Gasteiger partial charge in [0.1, 0.15) is 5.82 Å². The smallest absolute Gasteiger partial charge is 0.223 e. The van der Waals surface area contributed by atoms with Gasteiger partial charge in [0.05, 0.1) is 0 Å². The first-order valence-corrected chi connectivity index (χ1v) is 13.0. The Balaban J connectivity index is 1.09. The number of aromatic nitrogens is 4. The molecule has 2 aliphatic heterocycles. The summed E-state index contributed by atoms with van der Waals surface area (Å²) < 4.78 is 1.81. The molecule has 0 atom stereocenters. The van der Waals surface area contributed by atoms with E-state index in [1.807, 2.05) is 47.0 Å². The molecule has 5 rings (SSSR count). The maximum Gasteiger partial charge on any atom is 0.223 e. The number of carbonyl (C=O) groups excluding carboxylic acids is 1. The zero-order chi connectivity index (χ0) is 24.0. The largest absolute Gasteiger partial charge is 0.356 e. The number of piperidine rings is 1. The van der Waals surface area contributed by atoms with Crippen LogP contribution in [0.1, 0.15) is 26.2 Å². The van der Waals surface area contributed by atoms with E-state index < -0.39 is 0 Å². The van der Waals surface area contributed by atoms with Crippen LogP contribution in [0, 0.1) is 5.92 Å². The predicted octanol–water partition coefficient (Wildman–Crippen LogP) is 2.15. The lowest BCUT2D eigenvalue weighted by molar-refractivity contribution is -0.125. The van der Waals surface area contributed by atoms with Crippen LogP contribution in [0.15, 0.2) is 42.5 Å². The van der Waals surface area contributed by atoms with E-state index >= 15 is 0 Å². The lowest BCUT2D eigenvalue weighted by Gasteiger charge is -2.34. The molecule has 35 heavy (non-hydrogen) atoms. The van der Waals surface area contributed by atoms with Crippen LogP contribution in [-0.2, 0) is 4.79 Å². The third-order valence-electron chi connectivity index (χ3n) is 7.33. The van der Waals surface area contributed by atoms with Crippen molar-refractivity contribution in [3.63, 3.8) is 0 Å². The summed E-state index contributed by atoms with van der Waals surface area (Å²) in [6.07, 6.45) is 2.71. The number of anilines is 1. The summed E-state index contributed by atoms with van der Waals surface area (Å²) in [4.78, 5) is 20.0. The van der Waals surface area contributed by atoms with Gasteiger partial charge in [-0.15, -0.1) is 15.3 Å². The van der Waals surface area contributed by atoms with E-state index in [2.05, 4.69) is 37.1 Å². The van der Waals surface area contributed by atoms with E-state index in [1.165, 1.54) is 0 Å². The highest BCUT2D eigenvalue weighted by Gasteiger charge is 2.26. The van der Waals surface area contributed by atoms with Crippen molar-refractivity contribution in [3.8, 4) is 11.4 Å². The molecule has 1 N–H and O–H groups in total. The number of hydrogen-bond acceptors (Lipinski definition) is 7. The average Bonchev–Trinajstić information content (AvgIpc) is 3.35. The van der Waals surface area contributed by atoms with Gasteiger partial charge < -0.3 is 20.0 Å². The lowest BCUT2D eigenvalue weighted by Crippen LogP contribution is -2.47. The number of rotatable bonds is 8. The van der Waals surface area contributed by atoms with Crippen molar-refractivity contribution in [2.45, 2.75) is 26.2 Å². The number of carbonyl (C=O) groups is 1. The van der Waals surface area contributed by atoms with Crippen molar-refractivity contribution in [1.82, 2.24) is 34.9 Å². The summed E-state index contributed by atoms with van der Waals surface area (Å²) in [6.45, 7) is 11.4. The molecule has 1 aromatic carbocycles. The molecule has 0 bridgehead atoms. The second-order valence-corrected chi connectivity index (χ2v) is 9.53. The van der Waals surface area contributed by atoms with Gasteiger partial charge in [0.15, 0.2) is 11.5 Å². The van der Waals surface area contributed by atoms with Crippen molar-refractivity contribution in [1.29, 1.82) is 0 Å². The van der Waals surface area contributed by atoms with Crippen LogP contribution >= 0.6 is 0 Å². The minimum atomic E-state index is 0.0814. The number of nitrogens with zero attached hydrogens (tertiary/aromatic N) is 7. The molecular weight excluding hydrogens is 440 g/mol. The molecule has 2 aliphatic rings. The molecule has 4 heterocycles. The molecule has 2 saturated heterocycles. The van der Waals surface area contributed by atoms with E-state index in [0.29, 0.717) is 0 Å². The summed E-state index contributed by atoms with van der Waals surface area (Å²) in [5, 5.41) is 16.6. The number of hydrogen-bond donors (Lipinski definition) is 1. The average molecular weight is 477 g/mol. The highest BCUT2D eigenvalue weighted by molar-refractivity contribution is 5.79. The molecule has 186 valence electrons. The molecule has 0 spiro atoms. The Hall–Kier alpha value is -3.04. The van der Waals surface area contributed by atoms with Crippen LogP contribution in [-0.4, -0.2) is 94.4 Å². The first-order valence-electron chi connectivity index (χ1n) is 13.0. The monoisotopic (exact) mass is 476 g/mol. The maximum atomic E-state index is 12.7. The molecule has 0 unspecified atom stereocenters. The molecule has 3 aromatic rings. The van der Waals surface area contributed by atoms with E-state index in [4.69, 9.17) is 5.10 Å². The van der Waals surface area contributed by atoms with Gasteiger partial charge in [0.25, 0.3) is 0 Å². The van der Waals surface area contributed by atoms with Crippen LogP contribution in [0.25, 0.3) is 17.0 Å². The van der Waals surface area contributed by atoms with E-state index in [-0.39, 0.29) is 11.8 Å². The second-order valence-electron chi connectivity index (χ2n) is 9.53. The van der Waals surface area contributed by atoms with Gasteiger partial charge >= 0.3 is 0 Å². The van der Waals surface area contributed by atoms with Crippen molar-refractivity contribution in [3.05, 3.63) is 42.5 Å². The number of nitrogens with one attached hydrogen (secondary N) is 1. The Bertz CT molecular complexity index is 1100. The van der Waals surface area contributed by atoms with Gasteiger partial charge in [-0.1, -0.05) is 37.3 Å². The number of likely N-dealkylation sites (N-methyl/N-ethyl adjacent to an activating group) is 1. The summed E-state index contributed by atoms with van der Waals surface area (Å²) >= 11 is 0. The first-order chi connectivity index (χ1) is 17.2. The number of amides is 1. The molecule has 0 saturated carbocycles. The Labute approximate surface area is 207 Å². The fourth-order valence-electron chi connectivity index (χ4n) is 5.07. The van der Waals surface area contributed by atoms with E-state index in [9.17, 15) is 4.79 Å². The molecule has 1 amide bonds. The Morgan fingerprint density at radius 1 is 0.943 bits per heavy atom. The molecule has 9 heteroatoms. The predicted molar refractivity (Wildman–Crippen MR) is 137 cm³/mol. The summed E-state index contributed by atoms with van der Waals surface area (Å²) in [5.41, 5.74) is 1.72. The molecular formula is C26H36N8O. The maximum absolute atomic E-state index is 12.7. The Morgan fingerprint density at radius 2 is 1.69 bits per heavy atom. The topological polar surface area (TPSA) is 81.9 Å². The molecule has 0 radical (unpaired) electrons. The van der Waals surface area contributed by atoms with Gasteiger partial charge in [-0.25, -0.2) is 0 Å². The fraction of sp³-hybridized carbons (Fsp3) is 0.538. The third kappa shape index (κ3) is 5.62. The number of piperazine rings is 1. The van der Waals surface area contributed by atoms with Gasteiger partial charge in [-0.05, 0) is 44.5 Å². The number of benzene rings is 1. The second kappa shape index (κ2) is 11.1. The Kier molecular flexibility index (Phi) is 7.54. The molecule has 2 aromatic heterocycles. The minimum absolute atomic E-state index is 0.0814. The standard InChI is InChI=1S/C26H36N8O/c1-2-31-17-19-32(20-18-31)14-6-13-27-26(35)22-11-15-33(16-12-22)24-10-9-23-28-29-25(34(23)30-24)21-7-4-3-5-8-21/h3-5,7-10,22H,2,6,11-20H2,1H3,(H,27,35). The highest BCUT2D eigenvalue weighted by atomic mass is 16.1. The van der Waals surface area contributed by atoms with Crippen molar-refractivity contribution >= 4 is 17.4 Å². The lowest BCUT2D eigenvalue weighted by atomic mass is 9.96. The van der Waals surface area contributed by atoms with E-state index in [1.54, 1.807) is 0 Å². The van der Waals surface area contributed by atoms with Crippen LogP contribution in [0.3, 0.4) is 0 Å². The van der Waals surface area contributed by atoms with Gasteiger partial charge in [-0.3, -0.25) is 4.79 Å². The quantitative estimate of drug-likeness (QED) is 0.499. The fourth-order valence-corrected chi connectivity index (χ4v) is 5.07. The summed E-state index contributed by atoms with van der Waals surface area (Å²) in [7, 11) is 0. The SMILES string of the molecule is CCN1CCN(CCCNC(=O)C2CCN(c3ccc4nnc(-c5ccccc5)n4n3)CC2)CC1. The van der Waals surface area contributed by atoms with Crippen LogP contribution < -0.4 is 10.2 Å². The summed E-state index contributed by atoms with van der Waals surface area (Å²) in [6, 6.07) is 14.0. The first kappa shape index (κ1) is 23.7. The van der Waals surface area contributed by atoms with Crippen LogP contribution in [0.2, 0.25) is 0 Å². The van der Waals surface area contributed by atoms with Gasteiger partial charge in [0, 0.05) is 57.3 Å². The zero-order valence-electron chi connectivity index (χ0n) is 20.6. The third-order valence-corrected chi connectivity index (χ3v) is 7.33. The van der Waals surface area contributed by atoms with Crippen molar-refractivity contribution in [2.24, 2.45) is 5.92 Å². The molecule has 9 nitrogen and oxygen atoms in total. The molecule has 2 fully saturated rings. The normalized spacial score (nSPS) is 18.3. The minimum Gasteiger partial charge on any atom is -0.356 e. The molecule has 0 aliphatic carbocycles. The van der Waals surface area contributed by atoms with Gasteiger partial charge in [-0.2, -0.15) is 4.52 Å². The van der Waals surface area contributed by atoms with Crippen LogP contribution in [0.4, 0.5) is 5.82 Å². The van der Waals surface area contributed by atoms with E-state index in [0.717, 1.165) is 101 Å². The van der Waals surface area contributed by atoms with Crippen LogP contribution in [0.5, 0.6) is 0 Å². The zero-order valence-corrected chi connectivity index (χ0v) is 20.6.